The van der Waals surface area contributed by atoms with Gasteiger partial charge in [-0.2, -0.15) is 5.26 Å². The SMILES string of the molecule is CC.Cc1cncc(C#N)c1N. The zero-order valence-corrected chi connectivity index (χ0v) is 7.63. The Morgan fingerprint density at radius 1 is 1.42 bits per heavy atom. The van der Waals surface area contributed by atoms with Gasteiger partial charge in [-0.3, -0.25) is 4.98 Å². The summed E-state index contributed by atoms with van der Waals surface area (Å²) >= 11 is 0. The molecule has 0 amide bonds. The first-order valence-corrected chi connectivity index (χ1v) is 3.86. The van der Waals surface area contributed by atoms with Gasteiger partial charge in [-0.1, -0.05) is 13.8 Å². The normalized spacial score (nSPS) is 7.83. The lowest BCUT2D eigenvalue weighted by Crippen LogP contribution is -1.94. The predicted octanol–water partition coefficient (Wildman–Crippen LogP) is 1.87. The molecule has 64 valence electrons. The van der Waals surface area contributed by atoms with E-state index in [0.29, 0.717) is 11.3 Å². The van der Waals surface area contributed by atoms with E-state index in [2.05, 4.69) is 4.98 Å². The van der Waals surface area contributed by atoms with Crippen LogP contribution < -0.4 is 5.73 Å². The van der Waals surface area contributed by atoms with Crippen molar-refractivity contribution >= 4 is 5.69 Å². The van der Waals surface area contributed by atoms with E-state index in [4.69, 9.17) is 11.0 Å². The first-order chi connectivity index (χ1) is 5.75. The molecule has 0 aliphatic heterocycles. The van der Waals surface area contributed by atoms with E-state index in [-0.39, 0.29) is 0 Å². The second-order valence-corrected chi connectivity index (χ2v) is 2.03. The third-order valence-corrected chi connectivity index (χ3v) is 1.31. The van der Waals surface area contributed by atoms with Gasteiger partial charge in [-0.05, 0) is 12.5 Å². The van der Waals surface area contributed by atoms with Crippen LogP contribution in [0.4, 0.5) is 5.69 Å². The third-order valence-electron chi connectivity index (χ3n) is 1.31. The molecule has 0 saturated carbocycles. The van der Waals surface area contributed by atoms with Crippen LogP contribution in [0.3, 0.4) is 0 Å². The minimum Gasteiger partial charge on any atom is -0.397 e. The van der Waals surface area contributed by atoms with Crippen molar-refractivity contribution in [3.05, 3.63) is 23.5 Å². The van der Waals surface area contributed by atoms with Gasteiger partial charge in [-0.25, -0.2) is 0 Å². The van der Waals surface area contributed by atoms with Crippen LogP contribution in [0.25, 0.3) is 0 Å². The van der Waals surface area contributed by atoms with Crippen LogP contribution in [0.1, 0.15) is 25.0 Å². The lowest BCUT2D eigenvalue weighted by Gasteiger charge is -1.97. The Kier molecular flexibility index (Phi) is 4.47. The van der Waals surface area contributed by atoms with E-state index in [1.807, 2.05) is 26.8 Å². The highest BCUT2D eigenvalue weighted by molar-refractivity contribution is 5.56. The molecular weight excluding hydrogens is 150 g/mol. The highest BCUT2D eigenvalue weighted by Crippen LogP contribution is 2.12. The summed E-state index contributed by atoms with van der Waals surface area (Å²) in [4.78, 5) is 3.81. The van der Waals surface area contributed by atoms with Crippen molar-refractivity contribution in [3.63, 3.8) is 0 Å². The van der Waals surface area contributed by atoms with E-state index < -0.39 is 0 Å². The van der Waals surface area contributed by atoms with Crippen molar-refractivity contribution in [3.8, 4) is 6.07 Å². The number of hydrogen-bond acceptors (Lipinski definition) is 3. The van der Waals surface area contributed by atoms with Crippen LogP contribution in [0.2, 0.25) is 0 Å². The first-order valence-electron chi connectivity index (χ1n) is 3.86. The Morgan fingerprint density at radius 3 is 2.42 bits per heavy atom. The molecule has 0 spiro atoms. The maximum absolute atomic E-state index is 8.47. The van der Waals surface area contributed by atoms with Crippen LogP contribution in [-0.2, 0) is 0 Å². The Hall–Kier alpha value is -1.56. The Morgan fingerprint density at radius 2 is 2.00 bits per heavy atom. The van der Waals surface area contributed by atoms with Crippen molar-refractivity contribution in [2.75, 3.05) is 5.73 Å². The molecule has 0 radical (unpaired) electrons. The molecule has 0 aliphatic rings. The van der Waals surface area contributed by atoms with Gasteiger partial charge in [0.05, 0.1) is 11.3 Å². The van der Waals surface area contributed by atoms with E-state index in [9.17, 15) is 0 Å². The van der Waals surface area contributed by atoms with E-state index in [0.717, 1.165) is 5.56 Å². The second-order valence-electron chi connectivity index (χ2n) is 2.03. The van der Waals surface area contributed by atoms with Gasteiger partial charge >= 0.3 is 0 Å². The molecule has 12 heavy (non-hydrogen) atoms. The highest BCUT2D eigenvalue weighted by Gasteiger charge is 1.98. The molecule has 0 fully saturated rings. The number of aromatic nitrogens is 1. The molecule has 0 aliphatic carbocycles. The number of aryl methyl sites for hydroxylation is 1. The molecule has 1 heterocycles. The van der Waals surface area contributed by atoms with Crippen LogP contribution in [0.15, 0.2) is 12.4 Å². The number of anilines is 1. The third kappa shape index (κ3) is 2.24. The number of pyridine rings is 1. The Balaban J connectivity index is 0.000000561. The fourth-order valence-corrected chi connectivity index (χ4v) is 0.664. The smallest absolute Gasteiger partial charge is 0.103 e. The fraction of sp³-hybridized carbons (Fsp3) is 0.333. The molecule has 3 nitrogen and oxygen atoms in total. The number of hydrogen-bond donors (Lipinski definition) is 1. The summed E-state index contributed by atoms with van der Waals surface area (Å²) < 4.78 is 0. The summed E-state index contributed by atoms with van der Waals surface area (Å²) in [5.74, 6) is 0. The molecule has 0 aromatic carbocycles. The number of nitrogens with zero attached hydrogens (tertiary/aromatic N) is 2. The zero-order valence-electron chi connectivity index (χ0n) is 7.63. The summed E-state index contributed by atoms with van der Waals surface area (Å²) in [6.07, 6.45) is 3.10. The summed E-state index contributed by atoms with van der Waals surface area (Å²) in [5, 5.41) is 8.47. The van der Waals surface area contributed by atoms with Crippen LogP contribution >= 0.6 is 0 Å². The molecule has 2 N–H and O–H groups in total. The molecule has 1 aromatic rings. The highest BCUT2D eigenvalue weighted by atomic mass is 14.7. The average Bonchev–Trinajstić information content (AvgIpc) is 2.13. The fourth-order valence-electron chi connectivity index (χ4n) is 0.664. The molecular formula is C9H13N3. The zero-order chi connectivity index (χ0) is 9.56. The van der Waals surface area contributed by atoms with Crippen molar-refractivity contribution in [2.45, 2.75) is 20.8 Å². The standard InChI is InChI=1S/C7H7N3.C2H6/c1-5-3-10-4-6(2-8)7(5)9;1-2/h3-4H,1H3,(H2,9,10);1-2H3. The minimum absolute atomic E-state index is 0.444. The monoisotopic (exact) mass is 163 g/mol. The van der Waals surface area contributed by atoms with Crippen molar-refractivity contribution < 1.29 is 0 Å². The molecule has 0 saturated heterocycles. The van der Waals surface area contributed by atoms with Crippen LogP contribution in [-0.4, -0.2) is 4.98 Å². The van der Waals surface area contributed by atoms with Gasteiger partial charge in [0.2, 0.25) is 0 Å². The maximum atomic E-state index is 8.47. The van der Waals surface area contributed by atoms with Crippen LogP contribution in [0, 0.1) is 18.3 Å². The van der Waals surface area contributed by atoms with E-state index in [1.165, 1.54) is 6.20 Å². The van der Waals surface area contributed by atoms with Gasteiger partial charge in [-0.15, -0.1) is 0 Å². The quantitative estimate of drug-likeness (QED) is 0.635. The molecule has 1 rings (SSSR count). The van der Waals surface area contributed by atoms with E-state index >= 15 is 0 Å². The van der Waals surface area contributed by atoms with Gasteiger partial charge in [0.1, 0.15) is 6.07 Å². The minimum atomic E-state index is 0.444. The Bertz CT molecular complexity index is 286. The second kappa shape index (κ2) is 5.14. The molecule has 0 unspecified atom stereocenters. The number of nitrogens with two attached hydrogens (primary N) is 1. The molecule has 0 atom stereocenters. The van der Waals surface area contributed by atoms with Crippen molar-refractivity contribution in [1.82, 2.24) is 4.98 Å². The first kappa shape index (κ1) is 10.4. The van der Waals surface area contributed by atoms with Crippen molar-refractivity contribution in [2.24, 2.45) is 0 Å². The van der Waals surface area contributed by atoms with E-state index in [1.54, 1.807) is 6.20 Å². The largest absolute Gasteiger partial charge is 0.397 e. The summed E-state index contributed by atoms with van der Waals surface area (Å²) in [7, 11) is 0. The van der Waals surface area contributed by atoms with Crippen molar-refractivity contribution in [1.29, 1.82) is 5.26 Å². The maximum Gasteiger partial charge on any atom is 0.103 e. The molecule has 3 heteroatoms. The Labute approximate surface area is 72.8 Å². The average molecular weight is 163 g/mol. The predicted molar refractivity (Wildman–Crippen MR) is 49.4 cm³/mol. The summed E-state index contributed by atoms with van der Waals surface area (Å²) in [6, 6.07) is 1.95. The summed E-state index contributed by atoms with van der Waals surface area (Å²) in [6.45, 7) is 5.82. The van der Waals surface area contributed by atoms with Gasteiger partial charge in [0.25, 0.3) is 0 Å². The number of nitriles is 1. The topological polar surface area (TPSA) is 62.7 Å². The number of rotatable bonds is 0. The van der Waals surface area contributed by atoms with Gasteiger partial charge in [0.15, 0.2) is 0 Å². The lowest BCUT2D eigenvalue weighted by atomic mass is 10.2. The van der Waals surface area contributed by atoms with Gasteiger partial charge < -0.3 is 5.73 Å². The van der Waals surface area contributed by atoms with Gasteiger partial charge in [0, 0.05) is 12.4 Å². The molecule has 0 bridgehead atoms. The van der Waals surface area contributed by atoms with Crippen LogP contribution in [0.5, 0.6) is 0 Å². The molecule has 1 aromatic heterocycles. The lowest BCUT2D eigenvalue weighted by molar-refractivity contribution is 1.25. The summed E-state index contributed by atoms with van der Waals surface area (Å²) in [5.41, 5.74) is 7.35. The number of nitrogen functional groups attached to an aromatic ring is 1.